The van der Waals surface area contributed by atoms with Gasteiger partial charge >= 0.3 is 12.3 Å². The number of hydrogen-bond donors (Lipinski definition) is 0. The van der Waals surface area contributed by atoms with Crippen LogP contribution in [0.3, 0.4) is 0 Å². The minimum Gasteiger partial charge on any atom is -0.461 e. The topological polar surface area (TPSA) is 104 Å². The first kappa shape index (κ1) is 29.9. The van der Waals surface area contributed by atoms with Crippen LogP contribution in [-0.4, -0.2) is 57.4 Å². The molecule has 0 bridgehead atoms. The first-order valence-corrected chi connectivity index (χ1v) is 15.0. The van der Waals surface area contributed by atoms with Gasteiger partial charge in [-0.15, -0.1) is 18.3 Å². The number of carbonyl (C=O) groups is 1. The number of nitrogens with zero attached hydrogens (tertiary/aromatic N) is 5. The van der Waals surface area contributed by atoms with E-state index in [1.807, 2.05) is 12.1 Å². The summed E-state index contributed by atoms with van der Waals surface area (Å²) in [6.45, 7) is 4.74. The molecule has 0 amide bonds. The quantitative estimate of drug-likeness (QED) is 0.128. The maximum atomic E-state index is 13.1. The van der Waals surface area contributed by atoms with Gasteiger partial charge in [0.05, 0.1) is 19.4 Å². The molecule has 13 heteroatoms. The molecule has 10 nitrogen and oxygen atoms in total. The van der Waals surface area contributed by atoms with Gasteiger partial charge in [-0.25, -0.2) is 14.3 Å². The molecule has 3 aromatic heterocycles. The van der Waals surface area contributed by atoms with E-state index in [1.165, 1.54) is 12.1 Å². The van der Waals surface area contributed by atoms with Crippen molar-refractivity contribution in [3.05, 3.63) is 59.6 Å². The Morgan fingerprint density at radius 2 is 1.86 bits per heavy atom. The highest BCUT2D eigenvalue weighted by molar-refractivity contribution is 5.87. The lowest BCUT2D eigenvalue weighted by Crippen LogP contribution is -2.37. The minimum atomic E-state index is -4.83. The van der Waals surface area contributed by atoms with Crippen LogP contribution < -0.4 is 9.64 Å². The summed E-state index contributed by atoms with van der Waals surface area (Å²) < 4.78 is 62.1. The average molecular weight is 614 g/mol. The summed E-state index contributed by atoms with van der Waals surface area (Å²) in [4.78, 5) is 18.8. The molecular weight excluding hydrogens is 579 g/mol. The first-order chi connectivity index (χ1) is 21.3. The highest BCUT2D eigenvalue weighted by Crippen LogP contribution is 2.45. The van der Waals surface area contributed by atoms with E-state index >= 15 is 0 Å². The zero-order valence-electron chi connectivity index (χ0n) is 24.5. The highest BCUT2D eigenvalue weighted by Gasteiger charge is 2.36. The molecule has 1 aliphatic heterocycles. The van der Waals surface area contributed by atoms with Crippen molar-refractivity contribution in [3.63, 3.8) is 0 Å². The van der Waals surface area contributed by atoms with Crippen molar-refractivity contribution in [2.45, 2.75) is 83.3 Å². The molecule has 4 aromatic rings. The molecule has 6 rings (SSSR count). The molecule has 0 radical (unpaired) electrons. The van der Waals surface area contributed by atoms with Gasteiger partial charge in [0.2, 0.25) is 0 Å². The van der Waals surface area contributed by atoms with Crippen molar-refractivity contribution < 1.29 is 36.7 Å². The summed E-state index contributed by atoms with van der Waals surface area (Å²) in [5, 5.41) is 8.93. The molecule has 2 atom stereocenters. The second kappa shape index (κ2) is 12.5. The van der Waals surface area contributed by atoms with Crippen molar-refractivity contribution >= 4 is 17.4 Å². The van der Waals surface area contributed by atoms with Gasteiger partial charge in [0.1, 0.15) is 23.0 Å². The summed E-state index contributed by atoms with van der Waals surface area (Å²) in [6.07, 6.45) is 2.27. The largest absolute Gasteiger partial charge is 0.573 e. The molecule has 1 aromatic carbocycles. The van der Waals surface area contributed by atoms with Crippen LogP contribution in [0.1, 0.15) is 80.1 Å². The van der Waals surface area contributed by atoms with Crippen LogP contribution in [-0.2, 0) is 16.1 Å². The number of halogens is 3. The van der Waals surface area contributed by atoms with E-state index in [4.69, 9.17) is 19.1 Å². The van der Waals surface area contributed by atoms with Crippen molar-refractivity contribution in [1.29, 1.82) is 0 Å². The fourth-order valence-electron chi connectivity index (χ4n) is 5.94. The number of imidazole rings is 1. The van der Waals surface area contributed by atoms with Crippen molar-refractivity contribution in [2.24, 2.45) is 0 Å². The third-order valence-electron chi connectivity index (χ3n) is 8.12. The number of benzene rings is 1. The normalized spacial score (nSPS) is 18.7. The van der Waals surface area contributed by atoms with Gasteiger partial charge in [-0.1, -0.05) is 24.2 Å². The van der Waals surface area contributed by atoms with Gasteiger partial charge in [-0.2, -0.15) is 0 Å². The molecule has 44 heavy (non-hydrogen) atoms. The van der Waals surface area contributed by atoms with Gasteiger partial charge in [-0.05, 0) is 69.7 Å². The van der Waals surface area contributed by atoms with Gasteiger partial charge in [0.25, 0.3) is 0 Å². The molecule has 4 heterocycles. The first-order valence-electron chi connectivity index (χ1n) is 15.0. The van der Waals surface area contributed by atoms with Gasteiger partial charge in [-0.3, -0.25) is 0 Å². The second-order valence-corrected chi connectivity index (χ2v) is 11.1. The Morgan fingerprint density at radius 3 is 2.61 bits per heavy atom. The van der Waals surface area contributed by atoms with Crippen molar-refractivity contribution in [3.8, 4) is 17.0 Å². The number of ether oxygens (including phenoxy) is 3. The number of aromatic nitrogens is 4. The predicted octanol–water partition coefficient (Wildman–Crippen LogP) is 6.69. The van der Waals surface area contributed by atoms with Crippen LogP contribution in [0.4, 0.5) is 19.0 Å². The summed E-state index contributed by atoms with van der Waals surface area (Å²) in [6, 6.07) is 10.2. The second-order valence-electron chi connectivity index (χ2n) is 11.1. The monoisotopic (exact) mass is 613 g/mol. The van der Waals surface area contributed by atoms with E-state index in [1.54, 1.807) is 29.8 Å². The molecule has 1 saturated carbocycles. The Morgan fingerprint density at radius 1 is 1.07 bits per heavy atom. The molecule has 234 valence electrons. The third kappa shape index (κ3) is 6.37. The summed E-state index contributed by atoms with van der Waals surface area (Å²) in [5.74, 6) is 0.823. The summed E-state index contributed by atoms with van der Waals surface area (Å²) >= 11 is 0. The maximum absolute atomic E-state index is 13.1. The Balaban J connectivity index is 1.16. The zero-order chi connectivity index (χ0) is 30.8. The fourth-order valence-corrected chi connectivity index (χ4v) is 5.94. The van der Waals surface area contributed by atoms with Crippen molar-refractivity contribution in [1.82, 2.24) is 19.8 Å². The van der Waals surface area contributed by atoms with Gasteiger partial charge in [0.15, 0.2) is 11.3 Å². The van der Waals surface area contributed by atoms with Crippen LogP contribution >= 0.6 is 0 Å². The Kier molecular flexibility index (Phi) is 8.48. The lowest BCUT2D eigenvalue weighted by atomic mass is 10.0. The Hall–Kier alpha value is -4.13. The summed E-state index contributed by atoms with van der Waals surface area (Å²) in [7, 11) is 0. The van der Waals surface area contributed by atoms with E-state index in [0.29, 0.717) is 35.3 Å². The zero-order valence-corrected chi connectivity index (χ0v) is 24.5. The molecule has 1 aliphatic carbocycles. The number of hydrogen-bond acceptors (Lipinski definition) is 9. The van der Waals surface area contributed by atoms with Crippen LogP contribution in [0, 0.1) is 0 Å². The number of rotatable bonds is 12. The lowest BCUT2D eigenvalue weighted by molar-refractivity contribution is -0.274. The standard InChI is InChI=1S/C31H34F3N5O5/c1-3-20-11-12-21(39(20)27-14-13-26-35-24(17-38(26)36-27)30(40)42-4-2)15-16-41-18-23-28(37-44-29(23)19-9-10-19)22-7-5-6-8-25(22)43-31(32,33)34/h5-8,13-14,17,19-21H,3-4,9-12,15-16,18H2,1-2H3/t20?,21-/m0/s1. The van der Waals surface area contributed by atoms with Crippen LogP contribution in [0.2, 0.25) is 0 Å². The summed E-state index contributed by atoms with van der Waals surface area (Å²) in [5.41, 5.74) is 1.94. The number of anilines is 1. The lowest BCUT2D eigenvalue weighted by Gasteiger charge is -2.31. The van der Waals surface area contributed by atoms with Crippen LogP contribution in [0.15, 0.2) is 47.1 Å². The third-order valence-corrected chi connectivity index (χ3v) is 8.12. The SMILES string of the molecule is CCOC(=O)c1cn2nc(N3C(CC)CC[C@H]3CCOCc3c(-c4ccccc4OC(F)(F)F)noc3C3CC3)ccc2n1. The number of para-hydroxylation sites is 1. The fraction of sp³-hybridized carbons (Fsp3) is 0.484. The van der Waals surface area contributed by atoms with E-state index < -0.39 is 12.3 Å². The number of fused-ring (bicyclic) bond motifs is 1. The highest BCUT2D eigenvalue weighted by atomic mass is 19.4. The van der Waals surface area contributed by atoms with Gasteiger partial charge < -0.3 is 23.6 Å². The number of esters is 1. The molecule has 0 spiro atoms. The smallest absolute Gasteiger partial charge is 0.461 e. The minimum absolute atomic E-state index is 0.158. The predicted molar refractivity (Wildman–Crippen MR) is 153 cm³/mol. The van der Waals surface area contributed by atoms with Gasteiger partial charge in [0, 0.05) is 35.7 Å². The Bertz CT molecular complexity index is 1620. The molecule has 2 aliphatic rings. The Labute approximate surface area is 252 Å². The van der Waals surface area contributed by atoms with E-state index in [0.717, 1.165) is 44.3 Å². The molecule has 1 unspecified atom stereocenters. The average Bonchev–Trinajstić information content (AvgIpc) is 3.42. The van der Waals surface area contributed by atoms with E-state index in [9.17, 15) is 18.0 Å². The van der Waals surface area contributed by atoms with E-state index in [2.05, 4.69) is 26.7 Å². The maximum Gasteiger partial charge on any atom is 0.573 e. The number of carbonyl (C=O) groups excluding carboxylic acids is 1. The van der Waals surface area contributed by atoms with Crippen LogP contribution in [0.25, 0.3) is 16.9 Å². The molecule has 2 fully saturated rings. The van der Waals surface area contributed by atoms with E-state index in [-0.39, 0.29) is 42.2 Å². The molecular formula is C31H34F3N5O5. The molecule has 1 saturated heterocycles. The van der Waals surface area contributed by atoms with Crippen molar-refractivity contribution in [2.75, 3.05) is 18.1 Å². The number of alkyl halides is 3. The van der Waals surface area contributed by atoms with Crippen LogP contribution in [0.5, 0.6) is 5.75 Å². The molecule has 0 N–H and O–H groups in total.